The van der Waals surface area contributed by atoms with Crippen molar-refractivity contribution in [2.24, 2.45) is 0 Å². The summed E-state index contributed by atoms with van der Waals surface area (Å²) in [4.78, 5) is 0. The van der Waals surface area contributed by atoms with E-state index in [-0.39, 0.29) is 18.9 Å². The number of hydrogen-bond donors (Lipinski definition) is 0. The van der Waals surface area contributed by atoms with Crippen molar-refractivity contribution in [1.29, 1.82) is 0 Å². The second-order valence-corrected chi connectivity index (χ2v) is 8.02. The van der Waals surface area contributed by atoms with Crippen LogP contribution >= 0.6 is 28.6 Å². The van der Waals surface area contributed by atoms with E-state index in [1.165, 1.54) is 22.6 Å². The Bertz CT molecular complexity index is 28.9. The molecule has 0 aromatic carbocycles. The van der Waals surface area contributed by atoms with Gasteiger partial charge in [-0.3, -0.25) is 0 Å². The Balaban J connectivity index is 2.45. The summed E-state index contributed by atoms with van der Waals surface area (Å²) in [5, 5.41) is 1.18. The molecule has 42 valence electrons. The predicted octanol–water partition coefficient (Wildman–Crippen LogP) is 2.59. The van der Waals surface area contributed by atoms with E-state index in [1.807, 2.05) is 0 Å². The summed E-state index contributed by atoms with van der Waals surface area (Å²) in [5.74, 6) is 0. The van der Waals surface area contributed by atoms with Crippen LogP contribution in [0.3, 0.4) is 0 Å². The van der Waals surface area contributed by atoms with Gasteiger partial charge in [-0.15, -0.1) is 0 Å². The summed E-state index contributed by atoms with van der Waals surface area (Å²) in [6.45, 7) is 0. The predicted molar refractivity (Wildman–Crippen MR) is 42.5 cm³/mol. The fourth-order valence-electron chi connectivity index (χ4n) is 0.286. The van der Waals surface area contributed by atoms with Crippen LogP contribution < -0.4 is 0 Å². The van der Waals surface area contributed by atoms with Crippen LogP contribution in [0.5, 0.6) is 0 Å². The number of unbranched alkanes of at least 4 members (excludes halogenated alkanes) is 1. The molecule has 2 radical (unpaired) electrons. The molecule has 0 aromatic rings. The van der Waals surface area contributed by atoms with Gasteiger partial charge in [0.05, 0.1) is 0 Å². The number of hydrogen-bond acceptors (Lipinski definition) is 0. The fraction of sp³-hybridized carbons (Fsp3) is 1.00. The van der Waals surface area contributed by atoms with Gasteiger partial charge in [-0.2, -0.15) is 0 Å². The van der Waals surface area contributed by atoms with Crippen LogP contribution in [0.2, 0.25) is 4.44 Å². The Morgan fingerprint density at radius 3 is 2.43 bits per heavy atom. The molecule has 0 saturated heterocycles. The molecule has 0 fully saturated rings. The van der Waals surface area contributed by atoms with E-state index in [0.29, 0.717) is 0 Å². The molecule has 0 amide bonds. The van der Waals surface area contributed by atoms with Gasteiger partial charge in [0.25, 0.3) is 0 Å². The average Bonchev–Trinajstić information content (AvgIpc) is 1.69. The molecule has 0 saturated carbocycles. The van der Waals surface area contributed by atoms with Gasteiger partial charge < -0.3 is 0 Å². The normalized spacial score (nSPS) is 9.43. The second-order valence-electron chi connectivity index (χ2n) is 1.28. The zero-order chi connectivity index (χ0) is 5.54. The van der Waals surface area contributed by atoms with Crippen molar-refractivity contribution in [3.05, 3.63) is 0 Å². The Morgan fingerprint density at radius 2 is 2.00 bits per heavy atom. The summed E-state index contributed by atoms with van der Waals surface area (Å²) in [6, 6.07) is 0. The summed E-state index contributed by atoms with van der Waals surface area (Å²) in [5.41, 5.74) is 0. The minimum absolute atomic E-state index is 0.0314. The molecule has 0 unspecified atom stereocenters. The van der Waals surface area contributed by atoms with Crippen LogP contribution in [0.15, 0.2) is 0 Å². The van der Waals surface area contributed by atoms with Gasteiger partial charge in [-0.05, 0) is 0 Å². The summed E-state index contributed by atoms with van der Waals surface area (Å²) < 4.78 is 1.48. The first-order valence-electron chi connectivity index (χ1n) is 2.31. The van der Waals surface area contributed by atoms with Gasteiger partial charge in [-0.25, -0.2) is 0 Å². The van der Waals surface area contributed by atoms with Crippen molar-refractivity contribution in [2.45, 2.75) is 17.3 Å². The first-order chi connectivity index (χ1) is 3.41. The van der Waals surface area contributed by atoms with Crippen molar-refractivity contribution in [2.75, 3.05) is 5.33 Å². The Hall–Kier alpha value is 1.76. The molecule has 0 rings (SSSR count). The minimum atomic E-state index is -0.0314. The molecule has 0 aromatic heterocycles. The zero-order valence-electron chi connectivity index (χ0n) is 4.08. The quantitative estimate of drug-likeness (QED) is 0.421. The first kappa shape index (κ1) is 8.76. The molecule has 0 nitrogen and oxygen atoms in total. The molecule has 0 atom stereocenters. The van der Waals surface area contributed by atoms with E-state index in [1.54, 1.807) is 0 Å². The maximum atomic E-state index is 3.53. The van der Waals surface area contributed by atoms with E-state index in [0.717, 1.165) is 0 Å². The summed E-state index contributed by atoms with van der Waals surface area (Å²) in [6.07, 6.45) is 2.77. The molecule has 0 aliphatic carbocycles. The zero-order valence-corrected chi connectivity index (χ0v) is 10.1. The first-order valence-corrected chi connectivity index (χ1v) is 11.8. The van der Waals surface area contributed by atoms with Crippen LogP contribution in [-0.2, 0) is 0 Å². The van der Waals surface area contributed by atoms with Gasteiger partial charge in [0.2, 0.25) is 0 Å². The van der Waals surface area contributed by atoms with E-state index in [2.05, 4.69) is 28.6 Å². The monoisotopic (exact) mass is 334 g/mol. The van der Waals surface area contributed by atoms with Crippen molar-refractivity contribution >= 4 is 47.6 Å². The van der Waals surface area contributed by atoms with E-state index < -0.39 is 0 Å². The molecule has 0 N–H and O–H groups in total. The van der Waals surface area contributed by atoms with Gasteiger partial charge in [0.15, 0.2) is 0 Å². The van der Waals surface area contributed by atoms with E-state index in [4.69, 9.17) is 0 Å². The third-order valence-corrected chi connectivity index (χ3v) is 5.42. The Kier molecular flexibility index (Phi) is 9.71. The van der Waals surface area contributed by atoms with Crippen molar-refractivity contribution < 1.29 is 0 Å². The number of halogens is 2. The Morgan fingerprint density at radius 1 is 1.29 bits per heavy atom. The SMILES string of the molecule is BrCCC[CH2][Sn][Br]. The summed E-state index contributed by atoms with van der Waals surface area (Å²) in [7, 11) is 0. The molecule has 0 heterocycles. The Labute approximate surface area is 69.5 Å². The van der Waals surface area contributed by atoms with Crippen molar-refractivity contribution in [3.8, 4) is 0 Å². The van der Waals surface area contributed by atoms with Crippen LogP contribution in [0.25, 0.3) is 0 Å². The molecule has 0 spiro atoms. The molecular weight excluding hydrogens is 327 g/mol. The number of rotatable bonds is 4. The molecule has 7 heavy (non-hydrogen) atoms. The average molecular weight is 335 g/mol. The van der Waals surface area contributed by atoms with Gasteiger partial charge >= 0.3 is 70.2 Å². The third kappa shape index (κ3) is 7.76. The van der Waals surface area contributed by atoms with Crippen LogP contribution in [0, 0.1) is 0 Å². The van der Waals surface area contributed by atoms with Crippen LogP contribution in [-0.4, -0.2) is 24.3 Å². The molecule has 0 aliphatic rings. The third-order valence-electron chi connectivity index (χ3n) is 0.655. The van der Waals surface area contributed by atoms with Crippen LogP contribution in [0.4, 0.5) is 0 Å². The van der Waals surface area contributed by atoms with Crippen molar-refractivity contribution in [3.63, 3.8) is 0 Å². The molecule has 3 heteroatoms. The maximum absolute atomic E-state index is 3.53. The summed E-state index contributed by atoms with van der Waals surface area (Å²) >= 11 is 6.89. The number of alkyl halides is 1. The molecule has 0 aliphatic heterocycles. The standard InChI is InChI=1S/C4H8Br.BrH.Sn/c1-2-3-4-5;;/h1-4H2;1H;/q;;+1/p-1. The van der Waals surface area contributed by atoms with Gasteiger partial charge in [-0.1, -0.05) is 0 Å². The van der Waals surface area contributed by atoms with Crippen LogP contribution in [0.1, 0.15) is 12.8 Å². The molecule has 0 bridgehead atoms. The fourth-order valence-corrected chi connectivity index (χ4v) is 3.66. The van der Waals surface area contributed by atoms with E-state index >= 15 is 0 Å². The van der Waals surface area contributed by atoms with Crippen molar-refractivity contribution in [1.82, 2.24) is 0 Å². The van der Waals surface area contributed by atoms with E-state index in [9.17, 15) is 0 Å². The second kappa shape index (κ2) is 7.76. The molecular formula is C4H8Br2Sn. The van der Waals surface area contributed by atoms with Gasteiger partial charge in [0.1, 0.15) is 0 Å². The topological polar surface area (TPSA) is 0 Å². The van der Waals surface area contributed by atoms with Gasteiger partial charge in [0, 0.05) is 0 Å².